The largest absolute Gasteiger partial charge is 3.00 e. The molecule has 2 aliphatic carbocycles. The Morgan fingerprint density at radius 2 is 1.12 bits per heavy atom. The summed E-state index contributed by atoms with van der Waals surface area (Å²) in [7, 11) is 7.31. The van der Waals surface area contributed by atoms with Crippen LogP contribution in [0.25, 0.3) is 0 Å². The molecular weight excluding hydrogens is 613 g/mol. The standard InChI is InChI=1S/C6H7.C5H4.2C3H7NS2.Au.Fe/c1-6-4-2-3-5-6;1-2-4-5-3-1;2*1-4(2)3(5)6;;/h2-5H,1H3;1-4H;2*1-2H3,(H,5,6);;/q;-1;;;+3;/p-2. The van der Waals surface area contributed by atoms with Gasteiger partial charge in [-0.1, -0.05) is 28.4 Å². The molecule has 0 heterocycles. The fourth-order valence-corrected chi connectivity index (χ4v) is 0.748. The van der Waals surface area contributed by atoms with Crippen LogP contribution in [0.1, 0.15) is 6.92 Å². The first kappa shape index (κ1) is 34.0. The van der Waals surface area contributed by atoms with E-state index in [2.05, 4.69) is 75.9 Å². The fourth-order valence-electron chi connectivity index (χ4n) is 0.748. The molecule has 0 aromatic rings. The zero-order valence-electron chi connectivity index (χ0n) is 14.8. The van der Waals surface area contributed by atoms with E-state index in [0.717, 1.165) is 0 Å². The molecule has 2 rings (SSSR count). The minimum absolute atomic E-state index is 0. The van der Waals surface area contributed by atoms with E-state index >= 15 is 0 Å². The predicted molar refractivity (Wildman–Crippen MR) is 114 cm³/mol. The molecule has 2 saturated carbocycles. The van der Waals surface area contributed by atoms with Crippen molar-refractivity contribution >= 4 is 58.3 Å². The monoisotopic (exact) mass is 636 g/mol. The van der Waals surface area contributed by atoms with E-state index < -0.39 is 0 Å². The van der Waals surface area contributed by atoms with Gasteiger partial charge >= 0.3 is 22.4 Å². The summed E-state index contributed by atoms with van der Waals surface area (Å²) >= 11 is 18.2. The van der Waals surface area contributed by atoms with Crippen molar-refractivity contribution in [1.29, 1.82) is 0 Å². The van der Waals surface area contributed by atoms with E-state index in [1.807, 2.05) is 66.7 Å². The van der Waals surface area contributed by atoms with Crippen LogP contribution in [-0.4, -0.2) is 46.6 Å². The van der Waals surface area contributed by atoms with Crippen molar-refractivity contribution in [3.63, 3.8) is 0 Å². The van der Waals surface area contributed by atoms with Crippen molar-refractivity contribution in [2.24, 2.45) is 0 Å². The molecule has 2 aliphatic rings. The molecule has 0 atom stereocenters. The Hall–Kier alpha value is 1.48. The molecule has 10 radical (unpaired) electrons. The molecule has 25 heavy (non-hydrogen) atoms. The quantitative estimate of drug-likeness (QED) is 0.174. The van der Waals surface area contributed by atoms with Crippen LogP contribution in [0.15, 0.2) is 0 Å². The Kier molecular flexibility index (Phi) is 32.0. The minimum atomic E-state index is 0. The van der Waals surface area contributed by atoms with Gasteiger partial charge in [0.1, 0.15) is 0 Å². The Morgan fingerprint density at radius 3 is 1.20 bits per heavy atom. The number of rotatable bonds is 0. The van der Waals surface area contributed by atoms with Gasteiger partial charge in [0.05, 0.1) is 0 Å². The Bertz CT molecular complexity index is 283. The zero-order valence-corrected chi connectivity index (χ0v) is 21.3. The van der Waals surface area contributed by atoms with Crippen molar-refractivity contribution in [1.82, 2.24) is 9.80 Å². The van der Waals surface area contributed by atoms with E-state index in [4.69, 9.17) is 0 Å². The first-order chi connectivity index (χ1) is 10.7. The Labute approximate surface area is 204 Å². The minimum Gasteiger partial charge on any atom is -0.474 e. The predicted octanol–water partition coefficient (Wildman–Crippen LogP) is 3.06. The maximum absolute atomic E-state index is 4.56. The summed E-state index contributed by atoms with van der Waals surface area (Å²) in [5.41, 5.74) is 0. The molecule has 0 bridgehead atoms. The molecule has 144 valence electrons. The molecule has 0 N–H and O–H groups in total. The summed E-state index contributed by atoms with van der Waals surface area (Å²) in [4.78, 5) is 3.43. The molecule has 2 fully saturated rings. The molecule has 0 amide bonds. The topological polar surface area (TPSA) is 6.48 Å². The van der Waals surface area contributed by atoms with Crippen molar-refractivity contribution < 1.29 is 39.4 Å². The van der Waals surface area contributed by atoms with Crippen LogP contribution < -0.4 is 0 Å². The van der Waals surface area contributed by atoms with Gasteiger partial charge in [-0.25, -0.2) is 12.8 Å². The van der Waals surface area contributed by atoms with Crippen molar-refractivity contribution in [3.05, 3.63) is 63.7 Å². The maximum Gasteiger partial charge on any atom is 3.00 e. The molecule has 0 spiro atoms. The van der Waals surface area contributed by atoms with Crippen LogP contribution in [0.2, 0.25) is 0 Å². The molecule has 0 aromatic carbocycles. The molecule has 0 unspecified atom stereocenters. The van der Waals surface area contributed by atoms with E-state index in [0.29, 0.717) is 8.64 Å². The molecule has 0 aromatic heterocycles. The van der Waals surface area contributed by atoms with Crippen molar-refractivity contribution in [2.75, 3.05) is 28.2 Å². The Balaban J connectivity index is -0.000000115. The smallest absolute Gasteiger partial charge is 0.474 e. The first-order valence-electron chi connectivity index (χ1n) is 6.71. The average Bonchev–Trinajstić information content (AvgIpc) is 3.15. The fraction of sp³-hybridized carbons (Fsp3) is 0.294. The second-order valence-corrected chi connectivity index (χ2v) is 6.73. The van der Waals surface area contributed by atoms with E-state index in [1.54, 1.807) is 9.80 Å². The second kappa shape index (κ2) is 23.5. The number of hydrogen-bond donors (Lipinski definition) is 0. The summed E-state index contributed by atoms with van der Waals surface area (Å²) in [5.74, 6) is 1.34. The van der Waals surface area contributed by atoms with Crippen LogP contribution in [0.5, 0.6) is 0 Å². The van der Waals surface area contributed by atoms with Crippen LogP contribution in [0.4, 0.5) is 0 Å². The van der Waals surface area contributed by atoms with E-state index in [1.165, 1.54) is 5.92 Å². The molecular formula is C17H23AuFeN2S4. The molecule has 2 nitrogen and oxygen atoms in total. The van der Waals surface area contributed by atoms with Crippen molar-refractivity contribution in [2.45, 2.75) is 6.92 Å². The summed E-state index contributed by atoms with van der Waals surface area (Å²) in [6.45, 7) is 2.08. The number of thiocarbonyl (C=S) groups is 2. The summed E-state index contributed by atoms with van der Waals surface area (Å²) < 4.78 is 1.02. The van der Waals surface area contributed by atoms with Gasteiger partial charge in [0.2, 0.25) is 0 Å². The zero-order chi connectivity index (χ0) is 18.3. The van der Waals surface area contributed by atoms with Gasteiger partial charge in [-0.3, -0.25) is 0 Å². The van der Waals surface area contributed by atoms with Gasteiger partial charge in [-0.2, -0.15) is 0 Å². The summed E-state index contributed by atoms with van der Waals surface area (Å²) in [6.07, 6.45) is 18.7. The summed E-state index contributed by atoms with van der Waals surface area (Å²) in [5, 5.41) is 0. The third-order valence-corrected chi connectivity index (χ3v) is 3.52. The average molecular weight is 636 g/mol. The van der Waals surface area contributed by atoms with Gasteiger partial charge in [-0.15, -0.1) is 0 Å². The van der Waals surface area contributed by atoms with Gasteiger partial charge in [0.15, 0.2) is 0 Å². The molecule has 0 aliphatic heterocycles. The molecule has 0 saturated heterocycles. The van der Waals surface area contributed by atoms with Gasteiger partial charge in [0, 0.05) is 45.3 Å². The van der Waals surface area contributed by atoms with Gasteiger partial charge in [0.25, 0.3) is 0 Å². The number of hydrogen-bond acceptors (Lipinski definition) is 4. The summed E-state index contributed by atoms with van der Waals surface area (Å²) in [6, 6.07) is 0. The van der Waals surface area contributed by atoms with Crippen molar-refractivity contribution in [3.8, 4) is 0 Å². The Morgan fingerprint density at radius 1 is 0.840 bits per heavy atom. The van der Waals surface area contributed by atoms with Crippen LogP contribution in [-0.2, 0) is 64.7 Å². The van der Waals surface area contributed by atoms with Crippen LogP contribution in [0, 0.1) is 63.7 Å². The molecule has 8 heteroatoms. The normalized spacial score (nSPS) is 14.6. The van der Waals surface area contributed by atoms with E-state index in [-0.39, 0.29) is 39.4 Å². The van der Waals surface area contributed by atoms with Crippen LogP contribution in [0.3, 0.4) is 0 Å². The first-order valence-corrected chi connectivity index (χ1v) is 8.34. The second-order valence-electron chi connectivity index (χ2n) is 4.67. The van der Waals surface area contributed by atoms with Gasteiger partial charge in [-0.05, 0) is 31.6 Å². The maximum atomic E-state index is 4.56. The third-order valence-electron chi connectivity index (χ3n) is 2.06. The SMILES string of the molecule is CN(C)C(=S)[S-].CN(C)C(=S)[S-].C[C]1[CH][CH][CH][CH]1.[Au+3].[C-]1[CH][CH][CH][CH]1.[Fe]. The van der Waals surface area contributed by atoms with Crippen LogP contribution >= 0.6 is 24.4 Å². The third kappa shape index (κ3) is 30.4. The van der Waals surface area contributed by atoms with Gasteiger partial charge < -0.3 is 65.9 Å². The number of nitrogens with zero attached hydrogens (tertiary/aromatic N) is 2. The van der Waals surface area contributed by atoms with E-state index in [9.17, 15) is 0 Å².